The smallest absolute Gasteiger partial charge is 0.142 e. The Hall–Kier alpha value is -0.740. The molecule has 0 bridgehead atoms. The molecule has 0 fully saturated rings. The van der Waals surface area contributed by atoms with Gasteiger partial charge in [0, 0.05) is 21.6 Å². The lowest BCUT2D eigenvalue weighted by molar-refractivity contribution is 0.302. The van der Waals surface area contributed by atoms with Gasteiger partial charge in [-0.2, -0.15) is 0 Å². The molecule has 0 aliphatic carbocycles. The van der Waals surface area contributed by atoms with E-state index in [0.29, 0.717) is 28.9 Å². The minimum Gasteiger partial charge on any atom is -0.487 e. The molecule has 0 aromatic heterocycles. The molecule has 2 aromatic rings. The van der Waals surface area contributed by atoms with Crippen LogP contribution in [0.1, 0.15) is 18.1 Å². The molecule has 0 unspecified atom stereocenters. The van der Waals surface area contributed by atoms with E-state index in [1.54, 1.807) is 6.07 Å². The molecule has 1 N–H and O–H groups in total. The first-order valence-corrected chi connectivity index (χ1v) is 8.21. The van der Waals surface area contributed by atoms with E-state index in [0.717, 1.165) is 22.1 Å². The van der Waals surface area contributed by atoms with Gasteiger partial charge in [0.2, 0.25) is 0 Å². The van der Waals surface area contributed by atoms with Gasteiger partial charge in [0.05, 0.1) is 5.02 Å². The average molecular weight is 389 g/mol. The molecule has 0 radical (unpaired) electrons. The molecule has 0 heterocycles. The van der Waals surface area contributed by atoms with Gasteiger partial charge >= 0.3 is 0 Å². The highest BCUT2D eigenvalue weighted by atomic mass is 79.9. The largest absolute Gasteiger partial charge is 0.487 e. The molecule has 0 saturated heterocycles. The summed E-state index contributed by atoms with van der Waals surface area (Å²) in [5.41, 5.74) is 2.05. The second-order valence-corrected chi connectivity index (χ2v) is 6.33. The van der Waals surface area contributed by atoms with Crippen molar-refractivity contribution in [2.45, 2.75) is 20.1 Å². The lowest BCUT2D eigenvalue weighted by atomic mass is 10.2. The molecule has 112 valence electrons. The highest BCUT2D eigenvalue weighted by molar-refractivity contribution is 9.10. The van der Waals surface area contributed by atoms with E-state index in [4.69, 9.17) is 27.9 Å². The molecule has 0 amide bonds. The zero-order chi connectivity index (χ0) is 15.2. The van der Waals surface area contributed by atoms with Crippen molar-refractivity contribution in [3.63, 3.8) is 0 Å². The van der Waals surface area contributed by atoms with Crippen LogP contribution in [0.15, 0.2) is 40.9 Å². The molecule has 2 aromatic carbocycles. The Kier molecular flexibility index (Phi) is 6.37. The molecular weight excluding hydrogens is 373 g/mol. The van der Waals surface area contributed by atoms with Gasteiger partial charge in [-0.25, -0.2) is 0 Å². The van der Waals surface area contributed by atoms with E-state index < -0.39 is 0 Å². The van der Waals surface area contributed by atoms with E-state index in [1.807, 2.05) is 30.3 Å². The number of hydrogen-bond acceptors (Lipinski definition) is 2. The molecule has 21 heavy (non-hydrogen) atoms. The standard InChI is InChI=1S/C16H16BrCl2NO/c1-2-20-9-12-7-14(18)8-15(19)16(12)21-10-11-3-5-13(17)6-4-11/h3-8,20H,2,9-10H2,1H3. The predicted octanol–water partition coefficient (Wildman–Crippen LogP) is 5.44. The van der Waals surface area contributed by atoms with Crippen LogP contribution < -0.4 is 10.1 Å². The molecule has 5 heteroatoms. The molecule has 2 rings (SSSR count). The molecule has 2 nitrogen and oxygen atoms in total. The minimum atomic E-state index is 0.466. The first kappa shape index (κ1) is 16.6. The van der Waals surface area contributed by atoms with Crippen LogP contribution in [0.2, 0.25) is 10.0 Å². The van der Waals surface area contributed by atoms with Crippen molar-refractivity contribution in [1.82, 2.24) is 5.32 Å². The maximum Gasteiger partial charge on any atom is 0.142 e. The van der Waals surface area contributed by atoms with Gasteiger partial charge < -0.3 is 10.1 Å². The SMILES string of the molecule is CCNCc1cc(Cl)cc(Cl)c1OCc1ccc(Br)cc1. The highest BCUT2D eigenvalue weighted by Crippen LogP contribution is 2.33. The van der Waals surface area contributed by atoms with E-state index in [9.17, 15) is 0 Å². The van der Waals surface area contributed by atoms with E-state index >= 15 is 0 Å². The second-order valence-electron chi connectivity index (χ2n) is 4.57. The summed E-state index contributed by atoms with van der Waals surface area (Å²) in [5, 5.41) is 4.41. The lowest BCUT2D eigenvalue weighted by Crippen LogP contribution is -2.13. The van der Waals surface area contributed by atoms with Crippen molar-refractivity contribution in [3.05, 3.63) is 62.0 Å². The first-order valence-electron chi connectivity index (χ1n) is 6.66. The van der Waals surface area contributed by atoms with Crippen LogP contribution in [-0.2, 0) is 13.2 Å². The van der Waals surface area contributed by atoms with Crippen molar-refractivity contribution in [1.29, 1.82) is 0 Å². The Morgan fingerprint density at radius 1 is 1.14 bits per heavy atom. The third kappa shape index (κ3) is 4.89. The first-order chi connectivity index (χ1) is 10.1. The van der Waals surface area contributed by atoms with E-state index in [1.165, 1.54) is 0 Å². The zero-order valence-corrected chi connectivity index (χ0v) is 14.7. The van der Waals surface area contributed by atoms with Crippen LogP contribution in [0.4, 0.5) is 0 Å². The summed E-state index contributed by atoms with van der Waals surface area (Å²) in [6.07, 6.45) is 0. The number of benzene rings is 2. The lowest BCUT2D eigenvalue weighted by Gasteiger charge is -2.14. The topological polar surface area (TPSA) is 21.3 Å². The Morgan fingerprint density at radius 3 is 2.52 bits per heavy atom. The third-order valence-corrected chi connectivity index (χ3v) is 3.97. The van der Waals surface area contributed by atoms with Gasteiger partial charge in [0.15, 0.2) is 0 Å². The number of ether oxygens (including phenoxy) is 1. The van der Waals surface area contributed by atoms with Gasteiger partial charge in [-0.15, -0.1) is 0 Å². The average Bonchev–Trinajstić information content (AvgIpc) is 2.45. The number of rotatable bonds is 6. The molecule has 0 aliphatic rings. The Balaban J connectivity index is 2.15. The highest BCUT2D eigenvalue weighted by Gasteiger charge is 2.11. The van der Waals surface area contributed by atoms with Gasteiger partial charge in [-0.1, -0.05) is 58.2 Å². The Morgan fingerprint density at radius 2 is 1.86 bits per heavy atom. The van der Waals surface area contributed by atoms with Crippen molar-refractivity contribution < 1.29 is 4.74 Å². The molecule has 0 atom stereocenters. The number of hydrogen-bond donors (Lipinski definition) is 1. The molecule has 0 spiro atoms. The summed E-state index contributed by atoms with van der Waals surface area (Å²) in [7, 11) is 0. The fourth-order valence-corrected chi connectivity index (χ4v) is 2.76. The molecule has 0 saturated carbocycles. The summed E-state index contributed by atoms with van der Waals surface area (Å²) in [6.45, 7) is 4.06. The van der Waals surface area contributed by atoms with E-state index in [-0.39, 0.29) is 0 Å². The Labute approximate surface area is 143 Å². The van der Waals surface area contributed by atoms with Crippen LogP contribution in [0.25, 0.3) is 0 Å². The van der Waals surface area contributed by atoms with Crippen LogP contribution in [0.5, 0.6) is 5.75 Å². The quantitative estimate of drug-likeness (QED) is 0.710. The summed E-state index contributed by atoms with van der Waals surface area (Å²) in [6, 6.07) is 11.6. The van der Waals surface area contributed by atoms with Crippen molar-refractivity contribution >= 4 is 39.1 Å². The van der Waals surface area contributed by atoms with Crippen LogP contribution in [-0.4, -0.2) is 6.54 Å². The third-order valence-electron chi connectivity index (χ3n) is 2.95. The minimum absolute atomic E-state index is 0.466. The van der Waals surface area contributed by atoms with Crippen molar-refractivity contribution in [2.24, 2.45) is 0 Å². The normalized spacial score (nSPS) is 10.7. The fraction of sp³-hybridized carbons (Fsp3) is 0.250. The van der Waals surface area contributed by atoms with Crippen LogP contribution >= 0.6 is 39.1 Å². The van der Waals surface area contributed by atoms with Gasteiger partial charge in [-0.3, -0.25) is 0 Å². The second kappa shape index (κ2) is 8.04. The van der Waals surface area contributed by atoms with Crippen LogP contribution in [0.3, 0.4) is 0 Å². The van der Waals surface area contributed by atoms with Gasteiger partial charge in [-0.05, 0) is 36.4 Å². The summed E-state index contributed by atoms with van der Waals surface area (Å²) < 4.78 is 6.95. The number of halogens is 3. The van der Waals surface area contributed by atoms with Crippen molar-refractivity contribution in [2.75, 3.05) is 6.54 Å². The molecular formula is C16H16BrCl2NO. The van der Waals surface area contributed by atoms with Gasteiger partial charge in [0.1, 0.15) is 12.4 Å². The summed E-state index contributed by atoms with van der Waals surface area (Å²) in [4.78, 5) is 0. The van der Waals surface area contributed by atoms with E-state index in [2.05, 4.69) is 28.2 Å². The van der Waals surface area contributed by atoms with Crippen molar-refractivity contribution in [3.8, 4) is 5.75 Å². The van der Waals surface area contributed by atoms with Crippen LogP contribution in [0, 0.1) is 0 Å². The zero-order valence-electron chi connectivity index (χ0n) is 11.6. The Bertz CT molecular complexity index is 602. The monoisotopic (exact) mass is 387 g/mol. The maximum atomic E-state index is 6.26. The van der Waals surface area contributed by atoms with Gasteiger partial charge in [0.25, 0.3) is 0 Å². The summed E-state index contributed by atoms with van der Waals surface area (Å²) >= 11 is 15.7. The summed E-state index contributed by atoms with van der Waals surface area (Å²) in [5.74, 6) is 0.685. The predicted molar refractivity (Wildman–Crippen MR) is 92.3 cm³/mol. The maximum absolute atomic E-state index is 6.26. The number of nitrogens with one attached hydrogen (secondary N) is 1. The fourth-order valence-electron chi connectivity index (χ4n) is 1.90. The molecule has 0 aliphatic heterocycles.